The highest BCUT2D eigenvalue weighted by molar-refractivity contribution is 5.90. The van der Waals surface area contributed by atoms with E-state index in [1.165, 1.54) is 0 Å². The number of amides is 2. The van der Waals surface area contributed by atoms with E-state index in [4.69, 9.17) is 9.47 Å². The van der Waals surface area contributed by atoms with Gasteiger partial charge >= 0.3 is 6.03 Å². The van der Waals surface area contributed by atoms with E-state index in [1.807, 2.05) is 55.1 Å². The fourth-order valence-corrected chi connectivity index (χ4v) is 3.25. The number of hydrogen-bond donors (Lipinski definition) is 1. The summed E-state index contributed by atoms with van der Waals surface area (Å²) in [5.41, 5.74) is 4.15. The van der Waals surface area contributed by atoms with Crippen LogP contribution in [0.2, 0.25) is 0 Å². The minimum Gasteiger partial charge on any atom is -0.493 e. The molecule has 1 aliphatic heterocycles. The van der Waals surface area contributed by atoms with Crippen LogP contribution in [0.15, 0.2) is 36.4 Å². The van der Waals surface area contributed by atoms with Gasteiger partial charge in [-0.2, -0.15) is 0 Å². The van der Waals surface area contributed by atoms with Gasteiger partial charge in [-0.15, -0.1) is 0 Å². The third-order valence-electron chi connectivity index (χ3n) is 4.93. The lowest BCUT2D eigenvalue weighted by Gasteiger charge is -2.36. The number of carbonyl (C=O) groups is 1. The van der Waals surface area contributed by atoms with Crippen LogP contribution in [0.3, 0.4) is 0 Å². The number of rotatable bonds is 4. The van der Waals surface area contributed by atoms with Crippen LogP contribution in [0.5, 0.6) is 11.5 Å². The molecule has 6 nitrogen and oxygen atoms in total. The Balaban J connectivity index is 1.61. The van der Waals surface area contributed by atoms with Crippen molar-refractivity contribution in [2.45, 2.75) is 13.8 Å². The summed E-state index contributed by atoms with van der Waals surface area (Å²) in [4.78, 5) is 16.7. The van der Waals surface area contributed by atoms with Crippen LogP contribution in [0.4, 0.5) is 16.2 Å². The quantitative estimate of drug-likeness (QED) is 0.893. The standard InChI is InChI=1S/C21H27N3O3/c1-15-5-6-16(2)18(13-15)22-21(25)24-11-9-23(10-12-24)17-7-8-19(26-3)20(14-17)27-4/h5-8,13-14H,9-12H2,1-4H3,(H,22,25). The number of benzene rings is 2. The zero-order valence-electron chi connectivity index (χ0n) is 16.4. The number of urea groups is 1. The molecule has 0 atom stereocenters. The molecule has 0 bridgehead atoms. The molecule has 27 heavy (non-hydrogen) atoms. The SMILES string of the molecule is COc1ccc(N2CCN(C(=O)Nc3cc(C)ccc3C)CC2)cc1OC. The van der Waals surface area contributed by atoms with E-state index < -0.39 is 0 Å². The molecule has 0 spiro atoms. The molecule has 3 rings (SSSR count). The Hall–Kier alpha value is -2.89. The lowest BCUT2D eigenvalue weighted by Crippen LogP contribution is -2.50. The Morgan fingerprint density at radius 3 is 2.30 bits per heavy atom. The van der Waals surface area contributed by atoms with E-state index >= 15 is 0 Å². The zero-order chi connectivity index (χ0) is 19.4. The first-order valence-electron chi connectivity index (χ1n) is 9.12. The third-order valence-corrected chi connectivity index (χ3v) is 4.93. The number of methoxy groups -OCH3 is 2. The monoisotopic (exact) mass is 369 g/mol. The Kier molecular flexibility index (Phi) is 5.74. The van der Waals surface area contributed by atoms with Crippen molar-refractivity contribution in [1.82, 2.24) is 4.90 Å². The highest BCUT2D eigenvalue weighted by Crippen LogP contribution is 2.31. The summed E-state index contributed by atoms with van der Waals surface area (Å²) in [6, 6.07) is 11.9. The van der Waals surface area contributed by atoms with Crippen molar-refractivity contribution >= 4 is 17.4 Å². The first-order valence-corrected chi connectivity index (χ1v) is 9.12. The average Bonchev–Trinajstić information content (AvgIpc) is 2.70. The molecule has 1 heterocycles. The van der Waals surface area contributed by atoms with Gasteiger partial charge in [0.1, 0.15) is 0 Å². The molecule has 144 valence electrons. The van der Waals surface area contributed by atoms with Gasteiger partial charge < -0.3 is 24.6 Å². The smallest absolute Gasteiger partial charge is 0.321 e. The van der Waals surface area contributed by atoms with Crippen molar-refractivity contribution in [3.05, 3.63) is 47.5 Å². The zero-order valence-corrected chi connectivity index (χ0v) is 16.4. The van der Waals surface area contributed by atoms with Crippen LogP contribution >= 0.6 is 0 Å². The Bertz CT molecular complexity index is 814. The number of aryl methyl sites for hydroxylation is 2. The summed E-state index contributed by atoms with van der Waals surface area (Å²) in [5, 5.41) is 3.04. The van der Waals surface area contributed by atoms with Gasteiger partial charge in [0, 0.05) is 43.6 Å². The lowest BCUT2D eigenvalue weighted by atomic mass is 10.1. The van der Waals surface area contributed by atoms with Gasteiger partial charge in [-0.25, -0.2) is 4.79 Å². The van der Waals surface area contributed by atoms with Gasteiger partial charge in [-0.3, -0.25) is 0 Å². The molecule has 0 unspecified atom stereocenters. The molecular formula is C21H27N3O3. The van der Waals surface area contributed by atoms with E-state index in [2.05, 4.69) is 10.2 Å². The molecule has 2 aromatic carbocycles. The molecule has 0 aliphatic carbocycles. The number of anilines is 2. The molecule has 1 aliphatic rings. The molecule has 1 saturated heterocycles. The summed E-state index contributed by atoms with van der Waals surface area (Å²) in [6.07, 6.45) is 0. The average molecular weight is 369 g/mol. The predicted molar refractivity (Wildman–Crippen MR) is 108 cm³/mol. The number of piperazine rings is 1. The largest absolute Gasteiger partial charge is 0.493 e. The maximum Gasteiger partial charge on any atom is 0.321 e. The second-order valence-electron chi connectivity index (χ2n) is 6.76. The van der Waals surface area contributed by atoms with E-state index in [-0.39, 0.29) is 6.03 Å². The summed E-state index contributed by atoms with van der Waals surface area (Å²) >= 11 is 0. The van der Waals surface area contributed by atoms with Crippen LogP contribution in [-0.2, 0) is 0 Å². The lowest BCUT2D eigenvalue weighted by molar-refractivity contribution is 0.208. The van der Waals surface area contributed by atoms with Crippen molar-refractivity contribution in [2.75, 3.05) is 50.6 Å². The van der Waals surface area contributed by atoms with E-state index in [0.717, 1.165) is 35.6 Å². The molecule has 2 aromatic rings. The molecule has 1 fully saturated rings. The van der Waals surface area contributed by atoms with Crippen molar-refractivity contribution < 1.29 is 14.3 Å². The van der Waals surface area contributed by atoms with Gasteiger partial charge in [0.25, 0.3) is 0 Å². The highest BCUT2D eigenvalue weighted by atomic mass is 16.5. The van der Waals surface area contributed by atoms with Crippen molar-refractivity contribution in [3.63, 3.8) is 0 Å². The summed E-state index contributed by atoms with van der Waals surface area (Å²) < 4.78 is 10.7. The number of nitrogens with zero attached hydrogens (tertiary/aromatic N) is 2. The molecule has 0 saturated carbocycles. The minimum absolute atomic E-state index is 0.0457. The maximum atomic E-state index is 12.6. The van der Waals surface area contributed by atoms with E-state index in [9.17, 15) is 4.79 Å². The Labute approximate surface area is 160 Å². The summed E-state index contributed by atoms with van der Waals surface area (Å²) in [7, 11) is 3.27. The van der Waals surface area contributed by atoms with Gasteiger partial charge in [0.2, 0.25) is 0 Å². The van der Waals surface area contributed by atoms with Gasteiger partial charge in [-0.1, -0.05) is 12.1 Å². The topological polar surface area (TPSA) is 54.0 Å². The number of nitrogens with one attached hydrogen (secondary N) is 1. The normalized spacial score (nSPS) is 14.1. The summed E-state index contributed by atoms with van der Waals surface area (Å²) in [5.74, 6) is 1.43. The van der Waals surface area contributed by atoms with E-state index in [0.29, 0.717) is 24.6 Å². The van der Waals surface area contributed by atoms with Crippen LogP contribution in [0.1, 0.15) is 11.1 Å². The van der Waals surface area contributed by atoms with Crippen LogP contribution in [-0.4, -0.2) is 51.3 Å². The fraction of sp³-hybridized carbons (Fsp3) is 0.381. The first-order chi connectivity index (χ1) is 13.0. The molecule has 0 radical (unpaired) electrons. The van der Waals surface area contributed by atoms with E-state index in [1.54, 1.807) is 14.2 Å². The first kappa shape index (κ1) is 18.9. The fourth-order valence-electron chi connectivity index (χ4n) is 3.25. The van der Waals surface area contributed by atoms with Crippen molar-refractivity contribution in [3.8, 4) is 11.5 Å². The minimum atomic E-state index is -0.0457. The molecule has 6 heteroatoms. The maximum absolute atomic E-state index is 12.6. The Morgan fingerprint density at radius 1 is 0.926 bits per heavy atom. The summed E-state index contributed by atoms with van der Waals surface area (Å²) in [6.45, 7) is 6.92. The van der Waals surface area contributed by atoms with Crippen LogP contribution in [0, 0.1) is 13.8 Å². The molecule has 1 N–H and O–H groups in total. The van der Waals surface area contributed by atoms with Crippen LogP contribution < -0.4 is 19.7 Å². The van der Waals surface area contributed by atoms with Crippen molar-refractivity contribution in [2.24, 2.45) is 0 Å². The second kappa shape index (κ2) is 8.20. The Morgan fingerprint density at radius 2 is 1.63 bits per heavy atom. The van der Waals surface area contributed by atoms with Crippen LogP contribution in [0.25, 0.3) is 0 Å². The van der Waals surface area contributed by atoms with Gasteiger partial charge in [0.15, 0.2) is 11.5 Å². The number of carbonyl (C=O) groups excluding carboxylic acids is 1. The number of ether oxygens (including phenoxy) is 2. The molecule has 0 aromatic heterocycles. The predicted octanol–water partition coefficient (Wildman–Crippen LogP) is 3.67. The van der Waals surface area contributed by atoms with Gasteiger partial charge in [0.05, 0.1) is 14.2 Å². The third kappa shape index (κ3) is 4.27. The molecular weight excluding hydrogens is 342 g/mol. The second-order valence-corrected chi connectivity index (χ2v) is 6.76. The van der Waals surface area contributed by atoms with Crippen molar-refractivity contribution in [1.29, 1.82) is 0 Å². The number of hydrogen-bond acceptors (Lipinski definition) is 4. The van der Waals surface area contributed by atoms with Gasteiger partial charge in [-0.05, 0) is 43.2 Å². The highest BCUT2D eigenvalue weighted by Gasteiger charge is 2.22. The molecule has 2 amide bonds.